The highest BCUT2D eigenvalue weighted by Crippen LogP contribution is 2.38. The van der Waals surface area contributed by atoms with Crippen molar-refractivity contribution in [2.24, 2.45) is 4.99 Å². The number of amides is 1. The number of carbonyl (C=O) groups is 1. The summed E-state index contributed by atoms with van der Waals surface area (Å²) in [7, 11) is 9.03. The van der Waals surface area contributed by atoms with Crippen molar-refractivity contribution in [3.63, 3.8) is 0 Å². The summed E-state index contributed by atoms with van der Waals surface area (Å²) in [6.45, 7) is 1.54. The van der Waals surface area contributed by atoms with Gasteiger partial charge in [0, 0.05) is 37.7 Å². The fourth-order valence-corrected chi connectivity index (χ4v) is 4.28. The number of aliphatic hydroxyl groups is 1. The van der Waals surface area contributed by atoms with E-state index in [1.165, 1.54) is 24.5 Å². The number of ether oxygens (including phenoxy) is 2. The third kappa shape index (κ3) is 4.79. The van der Waals surface area contributed by atoms with Gasteiger partial charge < -0.3 is 25.2 Å². The molecule has 2 unspecified atom stereocenters. The van der Waals surface area contributed by atoms with Crippen molar-refractivity contribution in [1.82, 2.24) is 9.88 Å². The van der Waals surface area contributed by atoms with Crippen LogP contribution in [0.1, 0.15) is 34.1 Å². The second kappa shape index (κ2) is 10.3. The molecule has 3 N–H and O–H groups in total. The average Bonchev–Trinajstić information content (AvgIpc) is 3.04. The molecule has 8 nitrogen and oxygen atoms in total. The van der Waals surface area contributed by atoms with Crippen LogP contribution in [0.25, 0.3) is 11.1 Å². The summed E-state index contributed by atoms with van der Waals surface area (Å²) in [5.74, 6) is -2.18. The zero-order valence-corrected chi connectivity index (χ0v) is 20.5. The van der Waals surface area contributed by atoms with Gasteiger partial charge in [0.2, 0.25) is 0 Å². The fraction of sp³-hybridized carbons (Fsp3) is 0.269. The number of aromatic nitrogens is 1. The molecule has 0 aliphatic carbocycles. The second-order valence-corrected chi connectivity index (χ2v) is 8.65. The lowest BCUT2D eigenvalue weighted by atomic mass is 9.87. The van der Waals surface area contributed by atoms with Gasteiger partial charge in [0.05, 0.1) is 30.1 Å². The first-order valence-corrected chi connectivity index (χ1v) is 11.4. The molecular formula is C26H25BF2N4O4. The van der Waals surface area contributed by atoms with Crippen molar-refractivity contribution in [2.45, 2.75) is 25.2 Å². The normalized spacial score (nSPS) is 17.9. The number of rotatable bonds is 8. The molecule has 0 fully saturated rings. The third-order valence-corrected chi connectivity index (χ3v) is 6.05. The number of halogens is 2. The van der Waals surface area contributed by atoms with Crippen molar-refractivity contribution in [1.29, 1.82) is 0 Å². The number of nitrogens with two attached hydrogens (primary N) is 1. The van der Waals surface area contributed by atoms with Crippen molar-refractivity contribution < 1.29 is 28.2 Å². The van der Waals surface area contributed by atoms with Gasteiger partial charge in [-0.25, -0.2) is 8.78 Å². The zero-order valence-electron chi connectivity index (χ0n) is 20.5. The number of fused-ring (bicyclic) bond motifs is 1. The highest BCUT2D eigenvalue weighted by molar-refractivity contribution is 6.19. The van der Waals surface area contributed by atoms with Gasteiger partial charge in [-0.05, 0) is 54.4 Å². The van der Waals surface area contributed by atoms with E-state index in [-0.39, 0.29) is 28.6 Å². The number of methoxy groups -OCH3 is 1. The van der Waals surface area contributed by atoms with Crippen LogP contribution in [-0.4, -0.2) is 61.8 Å². The Balaban J connectivity index is 1.70. The molecule has 0 spiro atoms. The Bertz CT molecular complexity index is 1360. The molecule has 37 heavy (non-hydrogen) atoms. The molecule has 2 radical (unpaired) electrons. The Kier molecular flexibility index (Phi) is 7.29. The molecule has 3 aromatic rings. The summed E-state index contributed by atoms with van der Waals surface area (Å²) in [6.07, 6.45) is 2.56. The second-order valence-electron chi connectivity index (χ2n) is 8.65. The maximum atomic E-state index is 15.3. The van der Waals surface area contributed by atoms with Crippen LogP contribution < -0.4 is 10.5 Å². The first-order chi connectivity index (χ1) is 17.6. The molecule has 2 heterocycles. The Hall–Kier alpha value is -3.83. The van der Waals surface area contributed by atoms with E-state index in [1.54, 1.807) is 26.3 Å². The van der Waals surface area contributed by atoms with Gasteiger partial charge in [-0.2, -0.15) is 0 Å². The summed E-state index contributed by atoms with van der Waals surface area (Å²) in [6, 6.07) is 8.41. The molecule has 1 aliphatic heterocycles. The van der Waals surface area contributed by atoms with Crippen LogP contribution in [0.15, 0.2) is 47.6 Å². The summed E-state index contributed by atoms with van der Waals surface area (Å²) < 4.78 is 41.5. The van der Waals surface area contributed by atoms with Crippen LogP contribution in [0.3, 0.4) is 0 Å². The van der Waals surface area contributed by atoms with Gasteiger partial charge >= 0.3 is 0 Å². The quantitative estimate of drug-likeness (QED) is 0.276. The summed E-state index contributed by atoms with van der Waals surface area (Å²) in [5, 5.41) is 10.7. The molecule has 0 bridgehead atoms. The molecule has 11 heteroatoms. The van der Waals surface area contributed by atoms with E-state index in [9.17, 15) is 9.90 Å². The number of benzene rings is 2. The average molecular weight is 506 g/mol. The molecule has 2 atom stereocenters. The lowest BCUT2D eigenvalue weighted by Gasteiger charge is -2.31. The van der Waals surface area contributed by atoms with Gasteiger partial charge in [-0.1, -0.05) is 0 Å². The molecule has 0 saturated heterocycles. The molecule has 4 rings (SSSR count). The molecule has 1 aliphatic rings. The first kappa shape index (κ1) is 26.2. The lowest BCUT2D eigenvalue weighted by molar-refractivity contribution is -0.0231. The van der Waals surface area contributed by atoms with Crippen LogP contribution >= 0.6 is 0 Å². The highest BCUT2D eigenvalue weighted by Gasteiger charge is 2.46. The minimum absolute atomic E-state index is 0.0611. The maximum absolute atomic E-state index is 15.3. The van der Waals surface area contributed by atoms with Crippen LogP contribution in [0.2, 0.25) is 0 Å². The smallest absolute Gasteiger partial charge is 0.258 e. The number of anilines is 1. The molecule has 2 aromatic carbocycles. The molecule has 0 saturated carbocycles. The number of nitrogen functional groups attached to an aromatic ring is 1. The minimum Gasteiger partial charge on any atom is -0.486 e. The SMILES string of the molecule is [B]C1(O)c2ncccc2C(=O)N1Cc1c(F)cc(-c2ccc(OC(C)COC)c(N)c2C=NC)cc1F. The number of aliphatic imine (C=N–C) groups is 1. The van der Waals surface area contributed by atoms with Gasteiger partial charge in [-0.15, -0.1) is 0 Å². The van der Waals surface area contributed by atoms with Crippen molar-refractivity contribution in [3.05, 3.63) is 76.6 Å². The van der Waals surface area contributed by atoms with Crippen LogP contribution in [-0.2, 0) is 16.9 Å². The summed E-state index contributed by atoms with van der Waals surface area (Å²) in [4.78, 5) is 21.5. The van der Waals surface area contributed by atoms with Gasteiger partial charge in [0.25, 0.3) is 5.91 Å². The van der Waals surface area contributed by atoms with E-state index < -0.39 is 35.3 Å². The van der Waals surface area contributed by atoms with Crippen molar-refractivity contribution in [3.8, 4) is 16.9 Å². The van der Waals surface area contributed by atoms with E-state index in [2.05, 4.69) is 9.98 Å². The predicted octanol–water partition coefficient (Wildman–Crippen LogP) is 3.00. The number of pyridine rings is 1. The van der Waals surface area contributed by atoms with E-state index >= 15 is 8.78 Å². The van der Waals surface area contributed by atoms with Gasteiger partial charge in [-0.3, -0.25) is 14.8 Å². The first-order valence-electron chi connectivity index (χ1n) is 11.4. The highest BCUT2D eigenvalue weighted by atomic mass is 19.1. The van der Waals surface area contributed by atoms with Crippen LogP contribution in [0.4, 0.5) is 14.5 Å². The molecular weight excluding hydrogens is 481 g/mol. The Morgan fingerprint density at radius 3 is 2.59 bits per heavy atom. The van der Waals surface area contributed by atoms with E-state index in [0.29, 0.717) is 23.5 Å². The summed E-state index contributed by atoms with van der Waals surface area (Å²) in [5.41, 5.74) is 4.81. The minimum atomic E-state index is -2.32. The number of carbonyl (C=O) groups excluding carboxylic acids is 1. The lowest BCUT2D eigenvalue weighted by Crippen LogP contribution is -2.44. The molecule has 1 amide bonds. The largest absolute Gasteiger partial charge is 0.486 e. The Labute approximate surface area is 214 Å². The van der Waals surface area contributed by atoms with Crippen LogP contribution in [0.5, 0.6) is 5.75 Å². The van der Waals surface area contributed by atoms with E-state index in [0.717, 1.165) is 17.0 Å². The van der Waals surface area contributed by atoms with Crippen molar-refractivity contribution in [2.75, 3.05) is 26.5 Å². The Morgan fingerprint density at radius 2 is 1.97 bits per heavy atom. The zero-order chi connectivity index (χ0) is 26.9. The standard InChI is InChI=1S/C26H25BF2N4O4/c1-14(13-36-3)37-22-7-6-16(18(11-31-2)23(22)30)15-9-20(28)19(21(29)10-15)12-33-25(34)17-5-4-8-32-24(17)26(33,27)35/h4-11,14,35H,12-13,30H2,1-3H3. The van der Waals surface area contributed by atoms with E-state index in [4.69, 9.17) is 23.1 Å². The number of nitrogens with zero attached hydrogens (tertiary/aromatic N) is 3. The molecule has 190 valence electrons. The van der Waals surface area contributed by atoms with E-state index in [1.807, 2.05) is 6.92 Å². The number of hydrogen-bond acceptors (Lipinski definition) is 7. The van der Waals surface area contributed by atoms with Crippen LogP contribution in [0, 0.1) is 11.6 Å². The Morgan fingerprint density at radius 1 is 1.27 bits per heavy atom. The monoisotopic (exact) mass is 506 g/mol. The third-order valence-electron chi connectivity index (χ3n) is 6.05. The van der Waals surface area contributed by atoms with Crippen molar-refractivity contribution >= 4 is 25.7 Å². The van der Waals surface area contributed by atoms with Gasteiger partial charge in [0.15, 0.2) is 7.85 Å². The maximum Gasteiger partial charge on any atom is 0.258 e. The topological polar surface area (TPSA) is 110 Å². The summed E-state index contributed by atoms with van der Waals surface area (Å²) >= 11 is 0. The molecule has 1 aromatic heterocycles. The predicted molar refractivity (Wildman–Crippen MR) is 135 cm³/mol. The van der Waals surface area contributed by atoms with Gasteiger partial charge in [0.1, 0.15) is 29.1 Å². The number of hydrogen-bond donors (Lipinski definition) is 2. The fourth-order valence-electron chi connectivity index (χ4n) is 4.28.